The fourth-order valence-electron chi connectivity index (χ4n) is 1.47. The van der Waals surface area contributed by atoms with E-state index < -0.39 is 0 Å². The molecule has 84 valence electrons. The Kier molecular flexibility index (Phi) is 4.92. The van der Waals surface area contributed by atoms with Crippen molar-refractivity contribution in [3.63, 3.8) is 0 Å². The molecule has 2 nitrogen and oxygen atoms in total. The Hall–Kier alpha value is -0.730. The largest absolute Gasteiger partial charge is 0.392 e. The molecule has 0 fully saturated rings. The molecule has 0 bridgehead atoms. The number of aliphatic hydroxyl groups is 1. The summed E-state index contributed by atoms with van der Waals surface area (Å²) >= 11 is 6.13. The van der Waals surface area contributed by atoms with Gasteiger partial charge in [-0.2, -0.15) is 0 Å². The SMILES string of the molecule is CCCCN(C)c1ccc(CO)cc1Cl. The molecular weight excluding hydrogens is 210 g/mol. The molecule has 1 N–H and O–H groups in total. The highest BCUT2D eigenvalue weighted by Crippen LogP contribution is 2.26. The van der Waals surface area contributed by atoms with Gasteiger partial charge in [0.1, 0.15) is 0 Å². The van der Waals surface area contributed by atoms with Crippen LogP contribution in [0.4, 0.5) is 5.69 Å². The van der Waals surface area contributed by atoms with E-state index in [9.17, 15) is 0 Å². The first kappa shape index (κ1) is 12.3. The van der Waals surface area contributed by atoms with Gasteiger partial charge in [-0.1, -0.05) is 31.0 Å². The van der Waals surface area contributed by atoms with Gasteiger partial charge < -0.3 is 10.0 Å². The highest BCUT2D eigenvalue weighted by atomic mass is 35.5. The van der Waals surface area contributed by atoms with Gasteiger partial charge in [0.25, 0.3) is 0 Å². The summed E-state index contributed by atoms with van der Waals surface area (Å²) in [5, 5.41) is 9.67. The smallest absolute Gasteiger partial charge is 0.0682 e. The molecule has 0 radical (unpaired) electrons. The fraction of sp³-hybridized carbons (Fsp3) is 0.500. The van der Waals surface area contributed by atoms with Crippen LogP contribution in [0.3, 0.4) is 0 Å². The van der Waals surface area contributed by atoms with E-state index in [1.807, 2.05) is 25.2 Å². The summed E-state index contributed by atoms with van der Waals surface area (Å²) in [4.78, 5) is 2.15. The number of anilines is 1. The lowest BCUT2D eigenvalue weighted by molar-refractivity contribution is 0.282. The molecular formula is C12H18ClNO. The van der Waals surface area contributed by atoms with E-state index in [1.165, 1.54) is 6.42 Å². The lowest BCUT2D eigenvalue weighted by Crippen LogP contribution is -2.18. The molecule has 0 aliphatic heterocycles. The Morgan fingerprint density at radius 1 is 1.40 bits per heavy atom. The molecule has 1 aromatic carbocycles. The number of halogens is 1. The number of aliphatic hydroxyl groups excluding tert-OH is 1. The predicted molar refractivity (Wildman–Crippen MR) is 65.6 cm³/mol. The van der Waals surface area contributed by atoms with E-state index in [0.717, 1.165) is 24.2 Å². The third-order valence-electron chi connectivity index (χ3n) is 2.45. The van der Waals surface area contributed by atoms with E-state index in [-0.39, 0.29) is 6.61 Å². The first-order valence-corrected chi connectivity index (χ1v) is 5.67. The average molecular weight is 228 g/mol. The van der Waals surface area contributed by atoms with Crippen LogP contribution in [0.1, 0.15) is 25.3 Å². The summed E-state index contributed by atoms with van der Waals surface area (Å²) in [5.74, 6) is 0. The van der Waals surface area contributed by atoms with Crippen LogP contribution < -0.4 is 4.90 Å². The molecule has 15 heavy (non-hydrogen) atoms. The van der Waals surface area contributed by atoms with Gasteiger partial charge >= 0.3 is 0 Å². The maximum absolute atomic E-state index is 8.96. The second-order valence-electron chi connectivity index (χ2n) is 3.72. The Labute approximate surface area is 96.5 Å². The monoisotopic (exact) mass is 227 g/mol. The van der Waals surface area contributed by atoms with Gasteiger partial charge in [-0.3, -0.25) is 0 Å². The second kappa shape index (κ2) is 5.99. The predicted octanol–water partition coefficient (Wildman–Crippen LogP) is 3.07. The Balaban J connectivity index is 2.76. The Morgan fingerprint density at radius 3 is 2.67 bits per heavy atom. The van der Waals surface area contributed by atoms with Gasteiger partial charge in [0.15, 0.2) is 0 Å². The lowest BCUT2D eigenvalue weighted by Gasteiger charge is -2.20. The normalized spacial score (nSPS) is 10.4. The van der Waals surface area contributed by atoms with Crippen LogP contribution in [0.25, 0.3) is 0 Å². The van der Waals surface area contributed by atoms with Crippen molar-refractivity contribution in [2.45, 2.75) is 26.4 Å². The van der Waals surface area contributed by atoms with Crippen molar-refractivity contribution in [1.29, 1.82) is 0 Å². The minimum Gasteiger partial charge on any atom is -0.392 e. The fourth-order valence-corrected chi connectivity index (χ4v) is 1.82. The third-order valence-corrected chi connectivity index (χ3v) is 2.76. The zero-order chi connectivity index (χ0) is 11.3. The molecule has 0 unspecified atom stereocenters. The first-order valence-electron chi connectivity index (χ1n) is 5.29. The van der Waals surface area contributed by atoms with Gasteiger partial charge in [-0.15, -0.1) is 0 Å². The van der Waals surface area contributed by atoms with E-state index in [2.05, 4.69) is 11.8 Å². The minimum atomic E-state index is 0.0404. The van der Waals surface area contributed by atoms with Crippen LogP contribution in [0, 0.1) is 0 Å². The summed E-state index contributed by atoms with van der Waals surface area (Å²) in [6.45, 7) is 3.22. The van der Waals surface area contributed by atoms with Crippen LogP contribution >= 0.6 is 11.6 Å². The van der Waals surface area contributed by atoms with E-state index >= 15 is 0 Å². The van der Waals surface area contributed by atoms with Crippen molar-refractivity contribution in [1.82, 2.24) is 0 Å². The van der Waals surface area contributed by atoms with Gasteiger partial charge in [0.2, 0.25) is 0 Å². The highest BCUT2D eigenvalue weighted by molar-refractivity contribution is 6.33. The molecule has 1 rings (SSSR count). The van der Waals surface area contributed by atoms with E-state index in [1.54, 1.807) is 0 Å². The molecule has 0 aliphatic carbocycles. The van der Waals surface area contributed by atoms with E-state index in [0.29, 0.717) is 5.02 Å². The van der Waals surface area contributed by atoms with Crippen molar-refractivity contribution in [3.8, 4) is 0 Å². The standard InChI is InChI=1S/C12H18ClNO/c1-3-4-7-14(2)12-6-5-10(9-15)8-11(12)13/h5-6,8,15H,3-4,7,9H2,1-2H3. The van der Waals surface area contributed by atoms with Gasteiger partial charge in [-0.05, 0) is 24.1 Å². The number of nitrogens with zero attached hydrogens (tertiary/aromatic N) is 1. The Morgan fingerprint density at radius 2 is 2.13 bits per heavy atom. The van der Waals surface area contributed by atoms with Crippen molar-refractivity contribution >= 4 is 17.3 Å². The molecule has 3 heteroatoms. The van der Waals surface area contributed by atoms with Gasteiger partial charge in [-0.25, -0.2) is 0 Å². The van der Waals surface area contributed by atoms with Crippen LogP contribution in [-0.2, 0) is 6.61 Å². The molecule has 0 amide bonds. The summed E-state index contributed by atoms with van der Waals surface area (Å²) < 4.78 is 0. The third kappa shape index (κ3) is 3.40. The number of rotatable bonds is 5. The van der Waals surface area contributed by atoms with Crippen LogP contribution in [0.2, 0.25) is 5.02 Å². The molecule has 0 spiro atoms. The molecule has 0 saturated carbocycles. The molecule has 0 aromatic heterocycles. The van der Waals surface area contributed by atoms with Crippen molar-refractivity contribution in [3.05, 3.63) is 28.8 Å². The molecule has 0 aliphatic rings. The zero-order valence-electron chi connectivity index (χ0n) is 9.33. The summed E-state index contributed by atoms with van der Waals surface area (Å²) in [6, 6.07) is 5.69. The van der Waals surface area contributed by atoms with Crippen molar-refractivity contribution < 1.29 is 5.11 Å². The number of benzene rings is 1. The molecule has 1 aromatic rings. The summed E-state index contributed by atoms with van der Waals surface area (Å²) in [5.41, 5.74) is 1.88. The zero-order valence-corrected chi connectivity index (χ0v) is 10.1. The highest BCUT2D eigenvalue weighted by Gasteiger charge is 2.05. The number of unbranched alkanes of at least 4 members (excludes halogenated alkanes) is 1. The summed E-state index contributed by atoms with van der Waals surface area (Å²) in [6.07, 6.45) is 2.34. The van der Waals surface area contributed by atoms with Crippen molar-refractivity contribution in [2.24, 2.45) is 0 Å². The van der Waals surface area contributed by atoms with Crippen molar-refractivity contribution in [2.75, 3.05) is 18.5 Å². The first-order chi connectivity index (χ1) is 7.19. The topological polar surface area (TPSA) is 23.5 Å². The van der Waals surface area contributed by atoms with Gasteiger partial charge in [0.05, 0.1) is 17.3 Å². The van der Waals surface area contributed by atoms with E-state index in [4.69, 9.17) is 16.7 Å². The van der Waals surface area contributed by atoms with Crippen LogP contribution in [-0.4, -0.2) is 18.7 Å². The van der Waals surface area contributed by atoms with Crippen LogP contribution in [0.5, 0.6) is 0 Å². The second-order valence-corrected chi connectivity index (χ2v) is 4.13. The molecule has 0 saturated heterocycles. The van der Waals surface area contributed by atoms with Crippen LogP contribution in [0.15, 0.2) is 18.2 Å². The summed E-state index contributed by atoms with van der Waals surface area (Å²) in [7, 11) is 2.04. The maximum Gasteiger partial charge on any atom is 0.0682 e. The lowest BCUT2D eigenvalue weighted by atomic mass is 10.2. The van der Waals surface area contributed by atoms with Gasteiger partial charge in [0, 0.05) is 13.6 Å². The number of hydrogen-bond acceptors (Lipinski definition) is 2. The molecule has 0 heterocycles. The minimum absolute atomic E-state index is 0.0404. The molecule has 0 atom stereocenters. The maximum atomic E-state index is 8.96. The Bertz CT molecular complexity index is 314. The number of hydrogen-bond donors (Lipinski definition) is 1. The quantitative estimate of drug-likeness (QED) is 0.836. The average Bonchev–Trinajstić information content (AvgIpc) is 2.25.